The molecule has 0 fully saturated rings. The molecule has 4 nitrogen and oxygen atoms in total. The van der Waals surface area contributed by atoms with Gasteiger partial charge in [-0.25, -0.2) is 4.98 Å². The van der Waals surface area contributed by atoms with Crippen LogP contribution in [0.1, 0.15) is 26.5 Å². The van der Waals surface area contributed by atoms with Crippen LogP contribution in [0, 0.1) is 13.8 Å². The van der Waals surface area contributed by atoms with E-state index in [0.717, 1.165) is 29.1 Å². The molecule has 0 atom stereocenters. The summed E-state index contributed by atoms with van der Waals surface area (Å²) in [7, 11) is 0. The standard InChI is InChI=1S/C14H15N3OS/c1-8-5-10-3-4-17(12(10)6-11(8)15)14(18)13-9(2)16-7-19-13/h5-7H,3-4,15H2,1-2H3. The first-order valence-electron chi connectivity index (χ1n) is 6.19. The van der Waals surface area contributed by atoms with Gasteiger partial charge in [-0.05, 0) is 37.5 Å². The van der Waals surface area contributed by atoms with Crippen LogP contribution in [0.5, 0.6) is 0 Å². The molecule has 3 rings (SSSR count). The van der Waals surface area contributed by atoms with Crippen LogP contribution in [-0.4, -0.2) is 17.4 Å². The van der Waals surface area contributed by atoms with Gasteiger partial charge in [0.1, 0.15) is 4.88 Å². The molecule has 0 saturated carbocycles. The van der Waals surface area contributed by atoms with Crippen LogP contribution >= 0.6 is 11.3 Å². The van der Waals surface area contributed by atoms with Crippen LogP contribution in [0.25, 0.3) is 0 Å². The molecule has 98 valence electrons. The van der Waals surface area contributed by atoms with Crippen LogP contribution in [0.2, 0.25) is 0 Å². The Morgan fingerprint density at radius 3 is 2.89 bits per heavy atom. The van der Waals surface area contributed by atoms with Gasteiger partial charge >= 0.3 is 0 Å². The number of nitrogen functional groups attached to an aromatic ring is 1. The number of aromatic nitrogens is 1. The van der Waals surface area contributed by atoms with Gasteiger partial charge in [0.2, 0.25) is 0 Å². The Kier molecular flexibility index (Phi) is 2.78. The Bertz CT molecular complexity index is 663. The summed E-state index contributed by atoms with van der Waals surface area (Å²) in [4.78, 5) is 19.2. The fourth-order valence-corrected chi connectivity index (χ4v) is 3.17. The van der Waals surface area contributed by atoms with E-state index < -0.39 is 0 Å². The zero-order chi connectivity index (χ0) is 13.6. The number of hydrogen-bond donors (Lipinski definition) is 1. The third-order valence-electron chi connectivity index (χ3n) is 3.55. The number of carbonyl (C=O) groups is 1. The van der Waals surface area contributed by atoms with Crippen LogP contribution in [0.3, 0.4) is 0 Å². The minimum Gasteiger partial charge on any atom is -0.398 e. The molecule has 1 aliphatic rings. The molecule has 0 saturated heterocycles. The lowest BCUT2D eigenvalue weighted by Gasteiger charge is -2.17. The third-order valence-corrected chi connectivity index (χ3v) is 4.46. The molecule has 1 aliphatic heterocycles. The predicted octanol–water partition coefficient (Wildman–Crippen LogP) is 2.55. The average molecular weight is 273 g/mol. The van der Waals surface area contributed by atoms with Crippen LogP contribution < -0.4 is 10.6 Å². The number of benzene rings is 1. The van der Waals surface area contributed by atoms with Crippen molar-refractivity contribution in [1.82, 2.24) is 4.98 Å². The number of thiazole rings is 1. The van der Waals surface area contributed by atoms with E-state index >= 15 is 0 Å². The highest BCUT2D eigenvalue weighted by molar-refractivity contribution is 7.12. The quantitative estimate of drug-likeness (QED) is 0.812. The fraction of sp³-hybridized carbons (Fsp3) is 0.286. The summed E-state index contributed by atoms with van der Waals surface area (Å²) in [6, 6.07) is 3.99. The van der Waals surface area contributed by atoms with Crippen molar-refractivity contribution in [3.63, 3.8) is 0 Å². The minimum atomic E-state index is 0.0296. The van der Waals surface area contributed by atoms with E-state index in [9.17, 15) is 4.79 Å². The van der Waals surface area contributed by atoms with Crippen molar-refractivity contribution in [2.75, 3.05) is 17.2 Å². The number of nitrogens with two attached hydrogens (primary N) is 1. The van der Waals surface area contributed by atoms with E-state index in [0.29, 0.717) is 11.4 Å². The van der Waals surface area contributed by atoms with Crippen molar-refractivity contribution in [2.45, 2.75) is 20.3 Å². The van der Waals surface area contributed by atoms with Crippen LogP contribution in [0.4, 0.5) is 11.4 Å². The van der Waals surface area contributed by atoms with Crippen molar-refractivity contribution in [3.8, 4) is 0 Å². The van der Waals surface area contributed by atoms with Crippen molar-refractivity contribution in [2.24, 2.45) is 0 Å². The van der Waals surface area contributed by atoms with Gasteiger partial charge in [-0.15, -0.1) is 11.3 Å². The molecule has 0 bridgehead atoms. The monoisotopic (exact) mass is 273 g/mol. The lowest BCUT2D eigenvalue weighted by molar-refractivity contribution is 0.0992. The second kappa shape index (κ2) is 4.35. The van der Waals surface area contributed by atoms with Gasteiger partial charge < -0.3 is 10.6 Å². The first-order valence-corrected chi connectivity index (χ1v) is 7.07. The van der Waals surface area contributed by atoms with Gasteiger partial charge in [-0.3, -0.25) is 4.79 Å². The number of amides is 1. The molecule has 0 radical (unpaired) electrons. The van der Waals surface area contributed by atoms with E-state index in [1.807, 2.05) is 24.8 Å². The van der Waals surface area contributed by atoms with Gasteiger partial charge in [-0.2, -0.15) is 0 Å². The summed E-state index contributed by atoms with van der Waals surface area (Å²) >= 11 is 1.39. The number of carbonyl (C=O) groups excluding carboxylic acids is 1. The van der Waals surface area contributed by atoms with Crippen molar-refractivity contribution >= 4 is 28.6 Å². The third kappa shape index (κ3) is 1.90. The molecular formula is C14H15N3OS. The fourth-order valence-electron chi connectivity index (χ4n) is 2.42. The topological polar surface area (TPSA) is 59.2 Å². The molecule has 5 heteroatoms. The van der Waals surface area contributed by atoms with Crippen molar-refractivity contribution in [1.29, 1.82) is 0 Å². The van der Waals surface area contributed by atoms with E-state index in [-0.39, 0.29) is 5.91 Å². The van der Waals surface area contributed by atoms with E-state index in [1.165, 1.54) is 16.9 Å². The number of aryl methyl sites for hydroxylation is 2. The predicted molar refractivity (Wildman–Crippen MR) is 77.8 cm³/mol. The number of rotatable bonds is 1. The highest BCUT2D eigenvalue weighted by Gasteiger charge is 2.28. The zero-order valence-electron chi connectivity index (χ0n) is 10.9. The molecular weight excluding hydrogens is 258 g/mol. The van der Waals surface area contributed by atoms with Crippen LogP contribution in [0.15, 0.2) is 17.6 Å². The maximum absolute atomic E-state index is 12.5. The van der Waals surface area contributed by atoms with Gasteiger partial charge in [0.05, 0.1) is 11.2 Å². The second-order valence-corrected chi connectivity index (χ2v) is 5.67. The molecule has 1 aromatic carbocycles. The van der Waals surface area contributed by atoms with Gasteiger partial charge in [-0.1, -0.05) is 6.07 Å². The van der Waals surface area contributed by atoms with E-state index in [2.05, 4.69) is 11.1 Å². The summed E-state index contributed by atoms with van der Waals surface area (Å²) < 4.78 is 0. The normalized spacial score (nSPS) is 13.7. The Hall–Kier alpha value is -1.88. The molecule has 0 unspecified atom stereocenters. The summed E-state index contributed by atoms with van der Waals surface area (Å²) in [6.45, 7) is 4.58. The highest BCUT2D eigenvalue weighted by Crippen LogP contribution is 2.33. The lowest BCUT2D eigenvalue weighted by atomic mass is 10.1. The first kappa shape index (κ1) is 12.2. The largest absolute Gasteiger partial charge is 0.398 e. The number of nitrogens with zero attached hydrogens (tertiary/aromatic N) is 2. The summed E-state index contributed by atoms with van der Waals surface area (Å²) in [5.41, 5.74) is 12.4. The molecule has 2 N–H and O–H groups in total. The molecule has 2 aromatic rings. The maximum atomic E-state index is 12.5. The molecule has 1 amide bonds. The van der Waals surface area contributed by atoms with E-state index in [4.69, 9.17) is 5.73 Å². The van der Waals surface area contributed by atoms with Crippen molar-refractivity contribution in [3.05, 3.63) is 39.3 Å². The Labute approximate surface area is 115 Å². The molecule has 2 heterocycles. The Morgan fingerprint density at radius 1 is 1.42 bits per heavy atom. The average Bonchev–Trinajstić information content (AvgIpc) is 2.96. The number of hydrogen-bond acceptors (Lipinski definition) is 4. The smallest absolute Gasteiger partial charge is 0.270 e. The second-order valence-electron chi connectivity index (χ2n) is 4.81. The maximum Gasteiger partial charge on any atom is 0.270 e. The van der Waals surface area contributed by atoms with Gasteiger partial charge in [0.25, 0.3) is 5.91 Å². The summed E-state index contributed by atoms with van der Waals surface area (Å²) in [6.07, 6.45) is 0.889. The summed E-state index contributed by atoms with van der Waals surface area (Å²) in [5.74, 6) is 0.0296. The van der Waals surface area contributed by atoms with Gasteiger partial charge in [0, 0.05) is 17.9 Å². The van der Waals surface area contributed by atoms with Crippen LogP contribution in [-0.2, 0) is 6.42 Å². The number of fused-ring (bicyclic) bond motifs is 1. The SMILES string of the molecule is Cc1cc2c(cc1N)N(C(=O)c1scnc1C)CC2. The first-order chi connectivity index (χ1) is 9.08. The van der Waals surface area contributed by atoms with E-state index in [1.54, 1.807) is 5.51 Å². The molecule has 19 heavy (non-hydrogen) atoms. The van der Waals surface area contributed by atoms with Gasteiger partial charge in [0.15, 0.2) is 0 Å². The lowest BCUT2D eigenvalue weighted by Crippen LogP contribution is -2.28. The minimum absolute atomic E-state index is 0.0296. The molecule has 0 aliphatic carbocycles. The molecule has 1 aromatic heterocycles. The highest BCUT2D eigenvalue weighted by atomic mass is 32.1. The van der Waals surface area contributed by atoms with Crippen molar-refractivity contribution < 1.29 is 4.79 Å². The number of anilines is 2. The zero-order valence-corrected chi connectivity index (χ0v) is 11.8. The Morgan fingerprint density at radius 2 is 2.21 bits per heavy atom. The summed E-state index contributed by atoms with van der Waals surface area (Å²) in [5, 5.41) is 0. The molecule has 0 spiro atoms. The Balaban J connectivity index is 2.01.